The number of hydrogen-bond donors (Lipinski definition) is 1. The molecule has 3 heteroatoms. The Labute approximate surface area is 92.6 Å². The summed E-state index contributed by atoms with van der Waals surface area (Å²) in [6.07, 6.45) is 0.840. The summed E-state index contributed by atoms with van der Waals surface area (Å²) in [6, 6.07) is 5.53. The van der Waals surface area contributed by atoms with Crippen LogP contribution in [0, 0.1) is 11.8 Å². The van der Waals surface area contributed by atoms with Crippen LogP contribution in [0.15, 0.2) is 18.2 Å². The minimum atomic E-state index is 0.638. The fourth-order valence-electron chi connectivity index (χ4n) is 1.00. The van der Waals surface area contributed by atoms with Gasteiger partial charge in [-0.1, -0.05) is 27.8 Å². The molecule has 2 nitrogen and oxygen atoms in total. The van der Waals surface area contributed by atoms with Crippen LogP contribution in [0.2, 0.25) is 0 Å². The molecule has 0 atom stereocenters. The Balaban J connectivity index is 2.86. The van der Waals surface area contributed by atoms with Crippen LogP contribution in [0.4, 0.5) is 5.69 Å². The first-order valence-electron chi connectivity index (χ1n) is 4.26. The SMILES string of the molecule is COc1cc(C#CCCBr)ccc1N. The van der Waals surface area contributed by atoms with Crippen molar-refractivity contribution in [2.45, 2.75) is 6.42 Å². The van der Waals surface area contributed by atoms with Gasteiger partial charge in [0.1, 0.15) is 5.75 Å². The molecule has 0 heterocycles. The second-order valence-electron chi connectivity index (χ2n) is 2.70. The number of hydrogen-bond acceptors (Lipinski definition) is 2. The van der Waals surface area contributed by atoms with Gasteiger partial charge in [-0.15, -0.1) is 0 Å². The normalized spacial score (nSPS) is 9.00. The Bertz CT molecular complexity index is 365. The zero-order valence-electron chi connectivity index (χ0n) is 8.01. The summed E-state index contributed by atoms with van der Waals surface area (Å²) in [5, 5.41) is 0.895. The summed E-state index contributed by atoms with van der Waals surface area (Å²) in [5.74, 6) is 6.74. The van der Waals surface area contributed by atoms with E-state index in [9.17, 15) is 0 Å². The number of anilines is 1. The van der Waals surface area contributed by atoms with Gasteiger partial charge in [0.15, 0.2) is 0 Å². The van der Waals surface area contributed by atoms with Crippen molar-refractivity contribution in [3.05, 3.63) is 23.8 Å². The molecule has 0 aliphatic rings. The van der Waals surface area contributed by atoms with Gasteiger partial charge in [-0.25, -0.2) is 0 Å². The third kappa shape index (κ3) is 2.97. The molecule has 1 aromatic carbocycles. The maximum atomic E-state index is 5.67. The number of nitrogen functional groups attached to an aromatic ring is 1. The second-order valence-corrected chi connectivity index (χ2v) is 3.49. The van der Waals surface area contributed by atoms with Crippen LogP contribution >= 0.6 is 15.9 Å². The third-order valence-corrected chi connectivity index (χ3v) is 2.08. The van der Waals surface area contributed by atoms with E-state index < -0.39 is 0 Å². The van der Waals surface area contributed by atoms with Gasteiger partial charge in [0, 0.05) is 17.3 Å². The third-order valence-electron chi connectivity index (χ3n) is 1.69. The number of methoxy groups -OCH3 is 1. The highest BCUT2D eigenvalue weighted by atomic mass is 79.9. The lowest BCUT2D eigenvalue weighted by atomic mass is 10.2. The van der Waals surface area contributed by atoms with Gasteiger partial charge in [-0.05, 0) is 18.2 Å². The number of nitrogens with two attached hydrogens (primary N) is 1. The molecule has 0 unspecified atom stereocenters. The van der Waals surface area contributed by atoms with Crippen LogP contribution < -0.4 is 10.5 Å². The fourth-order valence-corrected chi connectivity index (χ4v) is 1.20. The summed E-state index contributed by atoms with van der Waals surface area (Å²) in [4.78, 5) is 0. The molecule has 0 bridgehead atoms. The summed E-state index contributed by atoms with van der Waals surface area (Å²) in [6.45, 7) is 0. The van der Waals surface area contributed by atoms with Gasteiger partial charge in [-0.3, -0.25) is 0 Å². The van der Waals surface area contributed by atoms with E-state index in [2.05, 4.69) is 27.8 Å². The van der Waals surface area contributed by atoms with Crippen LogP contribution in [-0.2, 0) is 0 Å². The quantitative estimate of drug-likeness (QED) is 0.499. The van der Waals surface area contributed by atoms with Crippen molar-refractivity contribution in [2.75, 3.05) is 18.2 Å². The average Bonchev–Trinajstić information content (AvgIpc) is 2.21. The van der Waals surface area contributed by atoms with Gasteiger partial charge >= 0.3 is 0 Å². The van der Waals surface area contributed by atoms with E-state index in [1.54, 1.807) is 13.2 Å². The van der Waals surface area contributed by atoms with Gasteiger partial charge in [0.05, 0.1) is 12.8 Å². The van der Waals surface area contributed by atoms with Gasteiger partial charge in [0.25, 0.3) is 0 Å². The molecule has 0 radical (unpaired) electrons. The van der Waals surface area contributed by atoms with Crippen molar-refractivity contribution >= 4 is 21.6 Å². The monoisotopic (exact) mass is 253 g/mol. The van der Waals surface area contributed by atoms with E-state index in [0.29, 0.717) is 11.4 Å². The number of ether oxygens (including phenoxy) is 1. The molecule has 0 saturated heterocycles. The lowest BCUT2D eigenvalue weighted by Crippen LogP contribution is -1.92. The smallest absolute Gasteiger partial charge is 0.142 e. The number of rotatable bonds is 2. The van der Waals surface area contributed by atoms with Crippen molar-refractivity contribution in [1.82, 2.24) is 0 Å². The van der Waals surface area contributed by atoms with E-state index in [4.69, 9.17) is 10.5 Å². The van der Waals surface area contributed by atoms with Crippen molar-refractivity contribution in [2.24, 2.45) is 0 Å². The van der Waals surface area contributed by atoms with E-state index in [1.165, 1.54) is 0 Å². The number of alkyl halides is 1. The highest BCUT2D eigenvalue weighted by Crippen LogP contribution is 2.21. The summed E-state index contributed by atoms with van der Waals surface area (Å²) >= 11 is 3.32. The number of halogens is 1. The highest BCUT2D eigenvalue weighted by molar-refractivity contribution is 9.09. The predicted molar refractivity (Wildman–Crippen MR) is 62.7 cm³/mol. The van der Waals surface area contributed by atoms with Crippen LogP contribution in [0.25, 0.3) is 0 Å². The molecule has 0 amide bonds. The van der Waals surface area contributed by atoms with E-state index in [0.717, 1.165) is 17.3 Å². The molecule has 0 aromatic heterocycles. The molecule has 74 valence electrons. The molecule has 0 aliphatic carbocycles. The van der Waals surface area contributed by atoms with E-state index in [-0.39, 0.29) is 0 Å². The zero-order valence-corrected chi connectivity index (χ0v) is 9.60. The number of benzene rings is 1. The maximum absolute atomic E-state index is 5.67. The minimum absolute atomic E-state index is 0.638. The first-order chi connectivity index (χ1) is 6.77. The Hall–Kier alpha value is -1.14. The first-order valence-corrected chi connectivity index (χ1v) is 5.38. The Morgan fingerprint density at radius 2 is 2.29 bits per heavy atom. The van der Waals surface area contributed by atoms with Gasteiger partial charge in [-0.2, -0.15) is 0 Å². The molecule has 1 rings (SSSR count). The minimum Gasteiger partial charge on any atom is -0.495 e. The Kier molecular flexibility index (Phi) is 4.34. The lowest BCUT2D eigenvalue weighted by Gasteiger charge is -2.03. The summed E-state index contributed by atoms with van der Waals surface area (Å²) < 4.78 is 5.09. The van der Waals surface area contributed by atoms with Crippen molar-refractivity contribution in [1.29, 1.82) is 0 Å². The van der Waals surface area contributed by atoms with Crippen molar-refractivity contribution in [3.8, 4) is 17.6 Å². The first kappa shape index (κ1) is 10.9. The van der Waals surface area contributed by atoms with Crippen LogP contribution in [-0.4, -0.2) is 12.4 Å². The maximum Gasteiger partial charge on any atom is 0.142 e. The molecule has 0 aliphatic heterocycles. The molecular formula is C11H12BrNO. The van der Waals surface area contributed by atoms with Crippen LogP contribution in [0.3, 0.4) is 0 Å². The highest BCUT2D eigenvalue weighted by Gasteiger charge is 1.97. The van der Waals surface area contributed by atoms with Crippen molar-refractivity contribution < 1.29 is 4.74 Å². The molecule has 2 N–H and O–H groups in total. The molecule has 1 aromatic rings. The molecule has 14 heavy (non-hydrogen) atoms. The second kappa shape index (κ2) is 5.56. The van der Waals surface area contributed by atoms with Crippen LogP contribution in [0.5, 0.6) is 5.75 Å². The molecular weight excluding hydrogens is 242 g/mol. The Morgan fingerprint density at radius 3 is 2.93 bits per heavy atom. The molecule has 0 fully saturated rings. The topological polar surface area (TPSA) is 35.2 Å². The van der Waals surface area contributed by atoms with E-state index in [1.807, 2.05) is 12.1 Å². The largest absolute Gasteiger partial charge is 0.495 e. The summed E-state index contributed by atoms with van der Waals surface area (Å²) in [7, 11) is 1.60. The fraction of sp³-hybridized carbons (Fsp3) is 0.273. The summed E-state index contributed by atoms with van der Waals surface area (Å²) in [5.41, 5.74) is 7.24. The molecule has 0 spiro atoms. The van der Waals surface area contributed by atoms with Gasteiger partial charge in [0.2, 0.25) is 0 Å². The zero-order chi connectivity index (χ0) is 10.4. The molecule has 0 saturated carbocycles. The standard InChI is InChI=1S/C11H12BrNO/c1-14-11-8-9(4-2-3-7-12)5-6-10(11)13/h5-6,8H,3,7,13H2,1H3. The van der Waals surface area contributed by atoms with Gasteiger partial charge < -0.3 is 10.5 Å². The Morgan fingerprint density at radius 1 is 1.50 bits per heavy atom. The van der Waals surface area contributed by atoms with Crippen molar-refractivity contribution in [3.63, 3.8) is 0 Å². The van der Waals surface area contributed by atoms with E-state index >= 15 is 0 Å². The van der Waals surface area contributed by atoms with Crippen LogP contribution in [0.1, 0.15) is 12.0 Å². The lowest BCUT2D eigenvalue weighted by molar-refractivity contribution is 0.417. The average molecular weight is 254 g/mol. The predicted octanol–water partition coefficient (Wildman–Crippen LogP) is 2.41.